The fourth-order valence-electron chi connectivity index (χ4n) is 3.11. The van der Waals surface area contributed by atoms with Gasteiger partial charge in [0.25, 0.3) is 0 Å². The highest BCUT2D eigenvalue weighted by molar-refractivity contribution is 7.91. The Morgan fingerprint density at radius 1 is 0.960 bits per heavy atom. The van der Waals surface area contributed by atoms with E-state index in [1.165, 1.54) is 6.26 Å². The molecule has 0 amide bonds. The topological polar surface area (TPSA) is 62.6 Å². The van der Waals surface area contributed by atoms with Crippen LogP contribution in [0.15, 0.2) is 69.0 Å². The molecule has 0 unspecified atom stereocenters. The average Bonchev–Trinajstić information content (AvgIpc) is 3.08. The summed E-state index contributed by atoms with van der Waals surface area (Å²) in [6.45, 7) is 3.57. The van der Waals surface area contributed by atoms with Crippen molar-refractivity contribution in [2.75, 3.05) is 31.1 Å². The van der Waals surface area contributed by atoms with Crippen LogP contribution in [0.4, 0.5) is 5.69 Å². The molecule has 3 aromatic rings. The van der Waals surface area contributed by atoms with Crippen LogP contribution in [0, 0.1) is 0 Å². The molecule has 0 atom stereocenters. The number of furan rings is 1. The van der Waals surface area contributed by atoms with Crippen molar-refractivity contribution in [3.8, 4) is 0 Å². The first-order valence-corrected chi connectivity index (χ1v) is 9.42. The third kappa shape index (κ3) is 3.13. The number of halogens is 1. The lowest BCUT2D eigenvalue weighted by Gasteiger charge is -2.29. The Bertz CT molecular complexity index is 964. The van der Waals surface area contributed by atoms with E-state index in [0.717, 1.165) is 31.9 Å². The summed E-state index contributed by atoms with van der Waals surface area (Å²) >= 11 is 0. The van der Waals surface area contributed by atoms with Crippen molar-refractivity contribution in [2.45, 2.75) is 9.79 Å². The zero-order valence-corrected chi connectivity index (χ0v) is 15.1. The Balaban J connectivity index is 0.00000182. The summed E-state index contributed by atoms with van der Waals surface area (Å²) in [7, 11) is -3.59. The number of para-hydroxylation sites is 1. The van der Waals surface area contributed by atoms with E-state index in [0.29, 0.717) is 11.0 Å². The Morgan fingerprint density at radius 2 is 1.68 bits per heavy atom. The van der Waals surface area contributed by atoms with Crippen molar-refractivity contribution >= 4 is 38.9 Å². The summed E-state index contributed by atoms with van der Waals surface area (Å²) in [4.78, 5) is 2.72. The molecule has 0 radical (unpaired) electrons. The van der Waals surface area contributed by atoms with E-state index in [9.17, 15) is 8.42 Å². The van der Waals surface area contributed by atoms with Gasteiger partial charge in [0.15, 0.2) is 5.58 Å². The zero-order valence-electron chi connectivity index (χ0n) is 13.5. The number of nitrogens with one attached hydrogen (secondary N) is 1. The third-order valence-electron chi connectivity index (χ3n) is 4.34. The van der Waals surface area contributed by atoms with Crippen molar-refractivity contribution in [2.24, 2.45) is 0 Å². The van der Waals surface area contributed by atoms with Crippen LogP contribution in [-0.2, 0) is 9.84 Å². The van der Waals surface area contributed by atoms with E-state index in [2.05, 4.69) is 10.2 Å². The second kappa shape index (κ2) is 7.07. The van der Waals surface area contributed by atoms with E-state index in [-0.39, 0.29) is 22.2 Å². The Morgan fingerprint density at radius 3 is 2.40 bits per heavy atom. The van der Waals surface area contributed by atoms with Gasteiger partial charge in [0, 0.05) is 31.6 Å². The number of piperazine rings is 1. The van der Waals surface area contributed by atoms with Crippen LogP contribution in [0.25, 0.3) is 11.0 Å². The molecule has 1 saturated heterocycles. The van der Waals surface area contributed by atoms with Gasteiger partial charge >= 0.3 is 0 Å². The number of sulfone groups is 1. The molecule has 25 heavy (non-hydrogen) atoms. The normalized spacial score (nSPS) is 15.1. The highest BCUT2D eigenvalue weighted by atomic mass is 35.5. The minimum atomic E-state index is -3.59. The van der Waals surface area contributed by atoms with Crippen LogP contribution in [0.1, 0.15) is 0 Å². The minimum Gasteiger partial charge on any atom is -0.461 e. The third-order valence-corrected chi connectivity index (χ3v) is 6.13. The van der Waals surface area contributed by atoms with Crippen molar-refractivity contribution in [1.29, 1.82) is 0 Å². The molecular weight excluding hydrogens is 360 g/mol. The molecule has 0 aliphatic carbocycles. The lowest BCUT2D eigenvalue weighted by molar-refractivity contribution is 0.573. The maximum atomic E-state index is 12.9. The van der Waals surface area contributed by atoms with Gasteiger partial charge in [-0.25, -0.2) is 8.42 Å². The second-order valence-electron chi connectivity index (χ2n) is 5.81. The van der Waals surface area contributed by atoms with E-state index < -0.39 is 9.84 Å². The molecule has 0 saturated carbocycles. The molecule has 4 rings (SSSR count). The van der Waals surface area contributed by atoms with Crippen molar-refractivity contribution in [3.05, 3.63) is 54.8 Å². The molecule has 2 heterocycles. The molecule has 1 N–H and O–H groups in total. The van der Waals surface area contributed by atoms with Gasteiger partial charge in [-0.05, 0) is 24.3 Å². The van der Waals surface area contributed by atoms with Crippen LogP contribution in [-0.4, -0.2) is 34.6 Å². The van der Waals surface area contributed by atoms with Crippen molar-refractivity contribution < 1.29 is 12.8 Å². The van der Waals surface area contributed by atoms with Crippen LogP contribution in [0.2, 0.25) is 0 Å². The Kier molecular flexibility index (Phi) is 5.03. The summed E-state index contributed by atoms with van der Waals surface area (Å²) in [6.07, 6.45) is 1.36. The summed E-state index contributed by atoms with van der Waals surface area (Å²) in [5.41, 5.74) is 1.58. The first kappa shape index (κ1) is 17.8. The summed E-state index contributed by atoms with van der Waals surface area (Å²) in [6, 6.07) is 14.1. The van der Waals surface area contributed by atoms with Gasteiger partial charge in [0.1, 0.15) is 11.2 Å². The molecule has 7 heteroatoms. The lowest BCUT2D eigenvalue weighted by Crippen LogP contribution is -2.43. The van der Waals surface area contributed by atoms with Gasteiger partial charge in [0.2, 0.25) is 9.84 Å². The number of benzene rings is 2. The van der Waals surface area contributed by atoms with E-state index >= 15 is 0 Å². The van der Waals surface area contributed by atoms with Crippen molar-refractivity contribution in [1.82, 2.24) is 5.32 Å². The monoisotopic (exact) mass is 378 g/mol. The number of anilines is 1. The zero-order chi connectivity index (χ0) is 16.6. The van der Waals surface area contributed by atoms with Crippen LogP contribution >= 0.6 is 12.4 Å². The summed E-state index contributed by atoms with van der Waals surface area (Å²) in [5, 5.41) is 3.95. The minimum absolute atomic E-state index is 0. The maximum Gasteiger partial charge on any atom is 0.210 e. The Labute approximate surface area is 153 Å². The highest BCUT2D eigenvalue weighted by Gasteiger charge is 2.25. The Hall–Kier alpha value is -2.02. The van der Waals surface area contributed by atoms with E-state index in [1.54, 1.807) is 36.4 Å². The number of hydrogen-bond donors (Lipinski definition) is 1. The van der Waals surface area contributed by atoms with E-state index in [1.807, 2.05) is 12.1 Å². The SMILES string of the molecule is Cl.O=S(=O)(c1ccccc1)c1coc2c(N3CCNCC3)cccc12. The first-order valence-electron chi connectivity index (χ1n) is 7.94. The van der Waals surface area contributed by atoms with E-state index in [4.69, 9.17) is 4.42 Å². The summed E-state index contributed by atoms with van der Waals surface area (Å²) in [5.74, 6) is 0. The highest BCUT2D eigenvalue weighted by Crippen LogP contribution is 2.35. The lowest BCUT2D eigenvalue weighted by atomic mass is 10.2. The fraction of sp³-hybridized carbons (Fsp3) is 0.222. The van der Waals surface area contributed by atoms with Gasteiger partial charge in [-0.2, -0.15) is 0 Å². The largest absolute Gasteiger partial charge is 0.461 e. The smallest absolute Gasteiger partial charge is 0.210 e. The average molecular weight is 379 g/mol. The molecule has 1 aliphatic heterocycles. The molecule has 1 aliphatic rings. The van der Waals surface area contributed by atoms with Gasteiger partial charge in [0.05, 0.1) is 10.6 Å². The predicted molar refractivity (Wildman–Crippen MR) is 100 cm³/mol. The standard InChI is InChI=1S/C18H18N2O3S.ClH/c21-24(22,14-5-2-1-3-6-14)17-13-23-18-15(17)7-4-8-16(18)20-11-9-19-10-12-20;/h1-8,13,19H,9-12H2;1H. The number of hydrogen-bond acceptors (Lipinski definition) is 5. The molecule has 5 nitrogen and oxygen atoms in total. The molecule has 0 spiro atoms. The molecular formula is C18H19ClN2O3S. The van der Waals surface area contributed by atoms with Crippen LogP contribution in [0.3, 0.4) is 0 Å². The molecule has 0 bridgehead atoms. The molecule has 2 aromatic carbocycles. The fourth-order valence-corrected chi connectivity index (χ4v) is 4.50. The molecule has 1 fully saturated rings. The number of nitrogens with zero attached hydrogens (tertiary/aromatic N) is 1. The predicted octanol–water partition coefficient (Wildman–Crippen LogP) is 3.10. The van der Waals surface area contributed by atoms with Crippen LogP contribution < -0.4 is 10.2 Å². The summed E-state index contributed by atoms with van der Waals surface area (Å²) < 4.78 is 31.5. The van der Waals surface area contributed by atoms with Gasteiger partial charge in [-0.1, -0.05) is 24.3 Å². The first-order chi connectivity index (χ1) is 11.7. The second-order valence-corrected chi connectivity index (χ2v) is 7.73. The van der Waals surface area contributed by atoms with Crippen molar-refractivity contribution in [3.63, 3.8) is 0 Å². The van der Waals surface area contributed by atoms with Gasteiger partial charge < -0.3 is 14.6 Å². The maximum absolute atomic E-state index is 12.9. The number of rotatable bonds is 3. The molecule has 132 valence electrons. The van der Waals surface area contributed by atoms with Crippen LogP contribution in [0.5, 0.6) is 0 Å². The quantitative estimate of drug-likeness (QED) is 0.758. The number of fused-ring (bicyclic) bond motifs is 1. The molecule has 1 aromatic heterocycles. The van der Waals surface area contributed by atoms with Gasteiger partial charge in [-0.15, -0.1) is 12.4 Å². The van der Waals surface area contributed by atoms with Gasteiger partial charge in [-0.3, -0.25) is 0 Å².